The SMILES string of the molecule is Cc1ccc(-c2ccc3[nH]cnc3c2)nn1. The summed E-state index contributed by atoms with van der Waals surface area (Å²) in [6.45, 7) is 1.92. The van der Waals surface area contributed by atoms with Crippen LogP contribution in [0.1, 0.15) is 5.69 Å². The fourth-order valence-electron chi connectivity index (χ4n) is 1.64. The van der Waals surface area contributed by atoms with Gasteiger partial charge in [-0.2, -0.15) is 10.2 Å². The van der Waals surface area contributed by atoms with Gasteiger partial charge < -0.3 is 4.98 Å². The van der Waals surface area contributed by atoms with Crippen LogP contribution >= 0.6 is 0 Å². The molecule has 0 unspecified atom stereocenters. The van der Waals surface area contributed by atoms with Gasteiger partial charge in [-0.05, 0) is 31.2 Å². The van der Waals surface area contributed by atoms with E-state index >= 15 is 0 Å². The van der Waals surface area contributed by atoms with E-state index in [1.165, 1.54) is 0 Å². The van der Waals surface area contributed by atoms with Crippen LogP contribution < -0.4 is 0 Å². The topological polar surface area (TPSA) is 54.5 Å². The molecule has 0 bridgehead atoms. The van der Waals surface area contributed by atoms with Gasteiger partial charge in [0.05, 0.1) is 28.7 Å². The summed E-state index contributed by atoms with van der Waals surface area (Å²) in [5, 5.41) is 8.20. The molecule has 0 saturated carbocycles. The van der Waals surface area contributed by atoms with Gasteiger partial charge in [0.15, 0.2) is 0 Å². The Morgan fingerprint density at radius 1 is 1.06 bits per heavy atom. The largest absolute Gasteiger partial charge is 0.345 e. The molecule has 0 radical (unpaired) electrons. The van der Waals surface area contributed by atoms with Gasteiger partial charge in [-0.1, -0.05) is 6.07 Å². The molecule has 78 valence electrons. The first kappa shape index (κ1) is 9.03. The summed E-state index contributed by atoms with van der Waals surface area (Å²) in [6, 6.07) is 9.94. The van der Waals surface area contributed by atoms with Crippen molar-refractivity contribution >= 4 is 11.0 Å². The number of nitrogens with one attached hydrogen (secondary N) is 1. The molecule has 3 rings (SSSR count). The van der Waals surface area contributed by atoms with Crippen LogP contribution in [0.2, 0.25) is 0 Å². The standard InChI is InChI=1S/C12H10N4/c1-8-2-4-10(16-15-8)9-3-5-11-12(6-9)14-7-13-11/h2-7H,1H3,(H,13,14). The third-order valence-electron chi connectivity index (χ3n) is 2.52. The molecule has 0 saturated heterocycles. The zero-order chi connectivity index (χ0) is 11.0. The first-order valence-corrected chi connectivity index (χ1v) is 5.07. The fourth-order valence-corrected chi connectivity index (χ4v) is 1.64. The van der Waals surface area contributed by atoms with Crippen LogP contribution in [-0.4, -0.2) is 20.2 Å². The number of fused-ring (bicyclic) bond motifs is 1. The molecule has 0 aliphatic heterocycles. The van der Waals surface area contributed by atoms with E-state index in [4.69, 9.17) is 0 Å². The molecule has 1 N–H and O–H groups in total. The number of aryl methyl sites for hydroxylation is 1. The highest BCUT2D eigenvalue weighted by Crippen LogP contribution is 2.20. The Kier molecular flexibility index (Phi) is 1.93. The highest BCUT2D eigenvalue weighted by atomic mass is 15.1. The maximum Gasteiger partial charge on any atom is 0.0931 e. The summed E-state index contributed by atoms with van der Waals surface area (Å²) in [4.78, 5) is 7.28. The van der Waals surface area contributed by atoms with Crippen molar-refractivity contribution < 1.29 is 0 Å². The van der Waals surface area contributed by atoms with E-state index in [-0.39, 0.29) is 0 Å². The Labute approximate surface area is 92.4 Å². The van der Waals surface area contributed by atoms with Crippen LogP contribution in [0.4, 0.5) is 0 Å². The van der Waals surface area contributed by atoms with Gasteiger partial charge in [-0.15, -0.1) is 0 Å². The molecule has 0 amide bonds. The molecule has 3 aromatic rings. The number of H-pyrrole nitrogens is 1. The second-order valence-corrected chi connectivity index (χ2v) is 3.69. The Morgan fingerprint density at radius 2 is 2.00 bits per heavy atom. The van der Waals surface area contributed by atoms with Crippen LogP contribution in [0, 0.1) is 6.92 Å². The van der Waals surface area contributed by atoms with Crippen molar-refractivity contribution in [3.8, 4) is 11.3 Å². The summed E-state index contributed by atoms with van der Waals surface area (Å²) in [5.41, 5.74) is 4.80. The Morgan fingerprint density at radius 3 is 2.81 bits per heavy atom. The second kappa shape index (κ2) is 3.41. The monoisotopic (exact) mass is 210 g/mol. The number of aromatic nitrogens is 4. The van der Waals surface area contributed by atoms with Crippen LogP contribution in [0.25, 0.3) is 22.3 Å². The third kappa shape index (κ3) is 1.44. The minimum Gasteiger partial charge on any atom is -0.345 e. The van der Waals surface area contributed by atoms with E-state index in [1.807, 2.05) is 37.3 Å². The number of hydrogen-bond acceptors (Lipinski definition) is 3. The number of rotatable bonds is 1. The smallest absolute Gasteiger partial charge is 0.0931 e. The molecular weight excluding hydrogens is 200 g/mol. The maximum absolute atomic E-state index is 4.22. The van der Waals surface area contributed by atoms with E-state index in [0.29, 0.717) is 0 Å². The Hall–Kier alpha value is -2.23. The molecule has 4 nitrogen and oxygen atoms in total. The van der Waals surface area contributed by atoms with Crippen molar-refractivity contribution in [3.05, 3.63) is 42.4 Å². The zero-order valence-electron chi connectivity index (χ0n) is 8.81. The van der Waals surface area contributed by atoms with E-state index in [9.17, 15) is 0 Å². The summed E-state index contributed by atoms with van der Waals surface area (Å²) < 4.78 is 0. The number of imidazole rings is 1. The van der Waals surface area contributed by atoms with E-state index < -0.39 is 0 Å². The van der Waals surface area contributed by atoms with Crippen molar-refractivity contribution in [1.29, 1.82) is 0 Å². The van der Waals surface area contributed by atoms with E-state index in [1.54, 1.807) is 6.33 Å². The van der Waals surface area contributed by atoms with Crippen molar-refractivity contribution in [2.45, 2.75) is 6.92 Å². The van der Waals surface area contributed by atoms with E-state index in [0.717, 1.165) is 28.0 Å². The average Bonchev–Trinajstić information content (AvgIpc) is 2.77. The number of benzene rings is 1. The quantitative estimate of drug-likeness (QED) is 0.670. The van der Waals surface area contributed by atoms with Gasteiger partial charge in [-0.3, -0.25) is 0 Å². The third-order valence-corrected chi connectivity index (χ3v) is 2.52. The lowest BCUT2D eigenvalue weighted by Crippen LogP contribution is -1.89. The fraction of sp³-hybridized carbons (Fsp3) is 0.0833. The van der Waals surface area contributed by atoms with Gasteiger partial charge in [0.1, 0.15) is 0 Å². The number of aromatic amines is 1. The predicted octanol–water partition coefficient (Wildman–Crippen LogP) is 2.33. The lowest BCUT2D eigenvalue weighted by Gasteiger charge is -1.99. The molecular formula is C12H10N4. The lowest BCUT2D eigenvalue weighted by atomic mass is 10.1. The maximum atomic E-state index is 4.22. The molecule has 1 aromatic carbocycles. The molecule has 16 heavy (non-hydrogen) atoms. The van der Waals surface area contributed by atoms with Crippen molar-refractivity contribution in [1.82, 2.24) is 20.2 Å². The van der Waals surface area contributed by atoms with Crippen LogP contribution in [0.15, 0.2) is 36.7 Å². The van der Waals surface area contributed by atoms with Crippen molar-refractivity contribution in [2.24, 2.45) is 0 Å². The highest BCUT2D eigenvalue weighted by molar-refractivity contribution is 5.80. The molecule has 0 fully saturated rings. The Balaban J connectivity index is 2.14. The molecule has 0 aliphatic carbocycles. The summed E-state index contributed by atoms with van der Waals surface area (Å²) in [5.74, 6) is 0. The second-order valence-electron chi connectivity index (χ2n) is 3.69. The number of hydrogen-bond donors (Lipinski definition) is 1. The van der Waals surface area contributed by atoms with Crippen LogP contribution in [0.3, 0.4) is 0 Å². The Bertz CT molecular complexity index is 625. The van der Waals surface area contributed by atoms with Gasteiger partial charge in [0, 0.05) is 5.56 Å². The van der Waals surface area contributed by atoms with Crippen LogP contribution in [-0.2, 0) is 0 Å². The summed E-state index contributed by atoms with van der Waals surface area (Å²) in [7, 11) is 0. The average molecular weight is 210 g/mol. The molecule has 0 aliphatic rings. The first-order valence-electron chi connectivity index (χ1n) is 5.07. The van der Waals surface area contributed by atoms with Gasteiger partial charge in [-0.25, -0.2) is 4.98 Å². The van der Waals surface area contributed by atoms with Crippen molar-refractivity contribution in [2.75, 3.05) is 0 Å². The molecule has 4 heteroatoms. The van der Waals surface area contributed by atoms with Crippen LogP contribution in [0.5, 0.6) is 0 Å². The molecule has 2 heterocycles. The molecule has 2 aromatic heterocycles. The normalized spacial score (nSPS) is 10.8. The van der Waals surface area contributed by atoms with Gasteiger partial charge in [0.2, 0.25) is 0 Å². The minimum atomic E-state index is 0.871. The predicted molar refractivity (Wildman–Crippen MR) is 61.9 cm³/mol. The van der Waals surface area contributed by atoms with Crippen molar-refractivity contribution in [3.63, 3.8) is 0 Å². The van der Waals surface area contributed by atoms with Gasteiger partial charge >= 0.3 is 0 Å². The number of nitrogens with zero attached hydrogens (tertiary/aromatic N) is 3. The molecule has 0 atom stereocenters. The van der Waals surface area contributed by atoms with E-state index in [2.05, 4.69) is 20.2 Å². The minimum absolute atomic E-state index is 0.871. The summed E-state index contributed by atoms with van der Waals surface area (Å²) in [6.07, 6.45) is 1.69. The highest BCUT2D eigenvalue weighted by Gasteiger charge is 2.02. The van der Waals surface area contributed by atoms with Gasteiger partial charge in [0.25, 0.3) is 0 Å². The first-order chi connectivity index (χ1) is 7.83. The zero-order valence-corrected chi connectivity index (χ0v) is 8.81. The molecule has 0 spiro atoms. The lowest BCUT2D eigenvalue weighted by molar-refractivity contribution is 0.987. The summed E-state index contributed by atoms with van der Waals surface area (Å²) >= 11 is 0.